The topological polar surface area (TPSA) is 58.6 Å². The Morgan fingerprint density at radius 1 is 1.16 bits per heavy atom. The largest absolute Gasteiger partial charge is 0.495 e. The molecule has 0 saturated carbocycles. The molecule has 0 atom stereocenters. The molecule has 0 bridgehead atoms. The van der Waals surface area contributed by atoms with Crippen LogP contribution in [-0.2, 0) is 9.59 Å². The Hall–Kier alpha value is -2.53. The van der Waals surface area contributed by atoms with Gasteiger partial charge in [-0.1, -0.05) is 23.7 Å². The van der Waals surface area contributed by atoms with Gasteiger partial charge >= 0.3 is 0 Å². The molecule has 2 rings (SSSR count). The van der Waals surface area contributed by atoms with Crippen molar-refractivity contribution in [2.45, 2.75) is 20.8 Å². The highest BCUT2D eigenvalue weighted by molar-refractivity contribution is 6.31. The number of benzene rings is 2. The van der Waals surface area contributed by atoms with Gasteiger partial charge in [0.25, 0.3) is 0 Å². The Balaban J connectivity index is 2.20. The zero-order valence-corrected chi connectivity index (χ0v) is 15.5. The molecule has 5 nitrogen and oxygen atoms in total. The monoisotopic (exact) mass is 360 g/mol. The van der Waals surface area contributed by atoms with E-state index in [1.54, 1.807) is 18.2 Å². The molecule has 0 radical (unpaired) electrons. The van der Waals surface area contributed by atoms with E-state index in [4.69, 9.17) is 16.3 Å². The third kappa shape index (κ3) is 4.73. The van der Waals surface area contributed by atoms with Gasteiger partial charge in [0, 0.05) is 17.6 Å². The lowest BCUT2D eigenvalue weighted by Gasteiger charge is -2.21. The van der Waals surface area contributed by atoms with E-state index in [0.717, 1.165) is 11.1 Å². The summed E-state index contributed by atoms with van der Waals surface area (Å²) in [6, 6.07) is 10.8. The Morgan fingerprint density at radius 2 is 1.88 bits per heavy atom. The first kappa shape index (κ1) is 18.8. The van der Waals surface area contributed by atoms with Gasteiger partial charge in [-0.2, -0.15) is 0 Å². The Morgan fingerprint density at radius 3 is 2.48 bits per heavy atom. The zero-order chi connectivity index (χ0) is 18.6. The maximum absolute atomic E-state index is 12.4. The molecule has 2 aromatic rings. The average Bonchev–Trinajstić information content (AvgIpc) is 2.55. The predicted molar refractivity (Wildman–Crippen MR) is 101 cm³/mol. The molecule has 1 N–H and O–H groups in total. The van der Waals surface area contributed by atoms with Crippen molar-refractivity contribution in [1.29, 1.82) is 0 Å². The standard InChI is InChI=1S/C19H21ClN2O3/c1-12-5-8-18(25-4)17(9-12)21-19(24)11-22(14(3)23)15-7-6-13(2)16(20)10-15/h5-10H,11H2,1-4H3,(H,21,24). The third-order valence-corrected chi connectivity index (χ3v) is 4.19. The lowest BCUT2D eigenvalue weighted by atomic mass is 10.2. The van der Waals surface area contributed by atoms with Gasteiger partial charge in [-0.05, 0) is 49.2 Å². The highest BCUT2D eigenvalue weighted by atomic mass is 35.5. The van der Waals surface area contributed by atoms with Crippen molar-refractivity contribution in [2.24, 2.45) is 0 Å². The number of amides is 2. The van der Waals surface area contributed by atoms with Crippen LogP contribution in [0.15, 0.2) is 36.4 Å². The van der Waals surface area contributed by atoms with E-state index in [2.05, 4.69) is 5.32 Å². The molecule has 0 saturated heterocycles. The molecule has 0 heterocycles. The van der Waals surface area contributed by atoms with Crippen molar-refractivity contribution in [1.82, 2.24) is 0 Å². The Labute approximate surface area is 152 Å². The van der Waals surface area contributed by atoms with Crippen LogP contribution in [0.2, 0.25) is 5.02 Å². The Kier molecular flexibility index (Phi) is 6.04. The summed E-state index contributed by atoms with van der Waals surface area (Å²) >= 11 is 6.13. The van der Waals surface area contributed by atoms with Crippen LogP contribution in [0.1, 0.15) is 18.1 Å². The third-order valence-electron chi connectivity index (χ3n) is 3.78. The van der Waals surface area contributed by atoms with Crippen LogP contribution < -0.4 is 15.0 Å². The first-order valence-electron chi connectivity index (χ1n) is 7.80. The first-order chi connectivity index (χ1) is 11.8. The summed E-state index contributed by atoms with van der Waals surface area (Å²) in [4.78, 5) is 25.8. The van der Waals surface area contributed by atoms with Crippen molar-refractivity contribution in [3.63, 3.8) is 0 Å². The summed E-state index contributed by atoms with van der Waals surface area (Å²) in [6.45, 7) is 5.09. The summed E-state index contributed by atoms with van der Waals surface area (Å²) < 4.78 is 5.25. The van der Waals surface area contributed by atoms with Gasteiger partial charge in [-0.15, -0.1) is 0 Å². The molecule has 0 aliphatic rings. The van der Waals surface area contributed by atoms with Crippen molar-refractivity contribution in [2.75, 3.05) is 23.9 Å². The van der Waals surface area contributed by atoms with E-state index in [-0.39, 0.29) is 18.4 Å². The predicted octanol–water partition coefficient (Wildman–Crippen LogP) is 3.96. The molecule has 0 fully saturated rings. The second-order valence-corrected chi connectivity index (χ2v) is 6.20. The quantitative estimate of drug-likeness (QED) is 0.878. The summed E-state index contributed by atoms with van der Waals surface area (Å²) in [5.41, 5.74) is 3.04. The summed E-state index contributed by atoms with van der Waals surface area (Å²) in [7, 11) is 1.54. The van der Waals surface area contributed by atoms with Crippen molar-refractivity contribution in [3.05, 3.63) is 52.5 Å². The van der Waals surface area contributed by atoms with Crippen LogP contribution in [-0.4, -0.2) is 25.5 Å². The van der Waals surface area contributed by atoms with Gasteiger partial charge in [0.15, 0.2) is 0 Å². The number of methoxy groups -OCH3 is 1. The number of aryl methyl sites for hydroxylation is 2. The molecule has 25 heavy (non-hydrogen) atoms. The number of halogens is 1. The van der Waals surface area contributed by atoms with E-state index in [0.29, 0.717) is 22.1 Å². The number of nitrogens with zero attached hydrogens (tertiary/aromatic N) is 1. The molecule has 0 spiro atoms. The van der Waals surface area contributed by atoms with Gasteiger partial charge in [0.2, 0.25) is 11.8 Å². The normalized spacial score (nSPS) is 10.3. The Bertz CT molecular complexity index is 805. The van der Waals surface area contributed by atoms with E-state index in [1.807, 2.05) is 32.0 Å². The van der Waals surface area contributed by atoms with Crippen LogP contribution in [0.3, 0.4) is 0 Å². The number of carbonyl (C=O) groups is 2. The summed E-state index contributed by atoms with van der Waals surface area (Å²) in [6.07, 6.45) is 0. The van der Waals surface area contributed by atoms with Crippen LogP contribution in [0.4, 0.5) is 11.4 Å². The van der Waals surface area contributed by atoms with Crippen molar-refractivity contribution >= 4 is 34.8 Å². The first-order valence-corrected chi connectivity index (χ1v) is 8.18. The van der Waals surface area contributed by atoms with Gasteiger partial charge in [0.1, 0.15) is 12.3 Å². The second-order valence-electron chi connectivity index (χ2n) is 5.79. The number of ether oxygens (including phenoxy) is 1. The maximum atomic E-state index is 12.4. The lowest BCUT2D eigenvalue weighted by molar-refractivity contribution is -0.120. The molecule has 6 heteroatoms. The molecule has 0 aliphatic heterocycles. The average molecular weight is 361 g/mol. The molecular formula is C19H21ClN2O3. The zero-order valence-electron chi connectivity index (χ0n) is 14.7. The summed E-state index contributed by atoms with van der Waals surface area (Å²) in [5, 5.41) is 3.34. The molecule has 0 aromatic heterocycles. The van der Waals surface area contributed by atoms with E-state index in [9.17, 15) is 9.59 Å². The molecule has 2 aromatic carbocycles. The number of rotatable bonds is 5. The van der Waals surface area contributed by atoms with E-state index >= 15 is 0 Å². The molecule has 132 valence electrons. The minimum atomic E-state index is -0.323. The molecule has 0 aliphatic carbocycles. The highest BCUT2D eigenvalue weighted by Crippen LogP contribution is 2.26. The smallest absolute Gasteiger partial charge is 0.244 e. The van der Waals surface area contributed by atoms with Gasteiger partial charge in [-0.25, -0.2) is 0 Å². The van der Waals surface area contributed by atoms with Crippen molar-refractivity contribution in [3.8, 4) is 5.75 Å². The van der Waals surface area contributed by atoms with E-state index in [1.165, 1.54) is 18.9 Å². The number of hydrogen-bond donors (Lipinski definition) is 1. The lowest BCUT2D eigenvalue weighted by Crippen LogP contribution is -2.36. The fourth-order valence-corrected chi connectivity index (χ4v) is 2.56. The fraction of sp³-hybridized carbons (Fsp3) is 0.263. The minimum absolute atomic E-state index is 0.119. The fourth-order valence-electron chi connectivity index (χ4n) is 2.39. The van der Waals surface area contributed by atoms with E-state index < -0.39 is 0 Å². The maximum Gasteiger partial charge on any atom is 0.244 e. The van der Waals surface area contributed by atoms with Crippen LogP contribution in [0, 0.1) is 13.8 Å². The number of hydrogen-bond acceptors (Lipinski definition) is 3. The van der Waals surface area contributed by atoms with Crippen LogP contribution >= 0.6 is 11.6 Å². The second kappa shape index (κ2) is 8.03. The van der Waals surface area contributed by atoms with Crippen LogP contribution in [0.25, 0.3) is 0 Å². The highest BCUT2D eigenvalue weighted by Gasteiger charge is 2.17. The molecule has 2 amide bonds. The van der Waals surface area contributed by atoms with Gasteiger partial charge in [0.05, 0.1) is 12.8 Å². The van der Waals surface area contributed by atoms with Gasteiger partial charge in [-0.3, -0.25) is 9.59 Å². The van der Waals surface area contributed by atoms with Crippen molar-refractivity contribution < 1.29 is 14.3 Å². The summed E-state index contributed by atoms with van der Waals surface area (Å²) in [5.74, 6) is -0.00576. The molecule has 0 unspecified atom stereocenters. The SMILES string of the molecule is COc1ccc(C)cc1NC(=O)CN(C(C)=O)c1ccc(C)c(Cl)c1. The van der Waals surface area contributed by atoms with Crippen LogP contribution in [0.5, 0.6) is 5.75 Å². The number of carbonyl (C=O) groups excluding carboxylic acids is 2. The number of nitrogens with one attached hydrogen (secondary N) is 1. The minimum Gasteiger partial charge on any atom is -0.495 e. The molecular weight excluding hydrogens is 340 g/mol. The number of anilines is 2. The van der Waals surface area contributed by atoms with Gasteiger partial charge < -0.3 is 15.0 Å².